The second kappa shape index (κ2) is 6.22. The Morgan fingerprint density at radius 3 is 2.81 bits per heavy atom. The molecular weight excluding hydrogens is 268 g/mol. The maximum Gasteiger partial charge on any atom is 0.257 e. The van der Waals surface area contributed by atoms with Crippen molar-refractivity contribution in [3.05, 3.63) is 28.7 Å². The Morgan fingerprint density at radius 2 is 2.14 bits per heavy atom. The fourth-order valence-corrected chi connectivity index (χ4v) is 2.37. The van der Waals surface area contributed by atoms with Crippen LogP contribution >= 0.6 is 0 Å². The van der Waals surface area contributed by atoms with Crippen molar-refractivity contribution in [1.82, 2.24) is 19.9 Å². The molecule has 2 heterocycles. The van der Waals surface area contributed by atoms with Crippen molar-refractivity contribution in [3.63, 3.8) is 0 Å². The minimum Gasteiger partial charge on any atom is -0.396 e. The summed E-state index contributed by atoms with van der Waals surface area (Å²) >= 11 is 0. The van der Waals surface area contributed by atoms with E-state index >= 15 is 0 Å². The minimum absolute atomic E-state index is 0.132. The molecule has 6 nitrogen and oxygen atoms in total. The topological polar surface area (TPSA) is 79.5 Å². The normalized spacial score (nSPS) is 12.6. The third kappa shape index (κ3) is 3.21. The summed E-state index contributed by atoms with van der Waals surface area (Å²) in [5.74, 6) is 0.0716. The van der Waals surface area contributed by atoms with Gasteiger partial charge in [-0.05, 0) is 39.2 Å². The van der Waals surface area contributed by atoms with Gasteiger partial charge in [0.05, 0.1) is 5.69 Å². The van der Waals surface area contributed by atoms with Crippen molar-refractivity contribution in [3.8, 4) is 0 Å². The largest absolute Gasteiger partial charge is 0.396 e. The first kappa shape index (κ1) is 15.4. The number of aryl methyl sites for hydroxylation is 3. The van der Waals surface area contributed by atoms with Gasteiger partial charge in [0.25, 0.3) is 5.91 Å². The number of aromatic nitrogens is 3. The number of rotatable bonds is 5. The maximum atomic E-state index is 12.4. The number of carbonyl (C=O) groups excluding carboxylic acids is 1. The van der Waals surface area contributed by atoms with Crippen LogP contribution < -0.4 is 5.32 Å². The molecule has 2 N–H and O–H groups in total. The highest BCUT2D eigenvalue weighted by molar-refractivity contribution is 6.01. The summed E-state index contributed by atoms with van der Waals surface area (Å²) < 4.78 is 1.70. The predicted octanol–water partition coefficient (Wildman–Crippen LogP) is 1.40. The van der Waals surface area contributed by atoms with Gasteiger partial charge in [0.2, 0.25) is 0 Å². The highest BCUT2D eigenvalue weighted by Crippen LogP contribution is 2.16. The summed E-state index contributed by atoms with van der Waals surface area (Å²) in [7, 11) is 0. The Bertz CT molecular complexity index is 663. The van der Waals surface area contributed by atoms with E-state index < -0.39 is 0 Å². The summed E-state index contributed by atoms with van der Waals surface area (Å²) in [6.45, 7) is 8.31. The zero-order chi connectivity index (χ0) is 15.6. The number of aliphatic hydroxyl groups excluding tert-OH is 1. The predicted molar refractivity (Wildman–Crippen MR) is 80.4 cm³/mol. The van der Waals surface area contributed by atoms with Crippen LogP contribution in [0.1, 0.15) is 40.8 Å². The molecular formula is C15H22N4O2. The fraction of sp³-hybridized carbons (Fsp3) is 0.533. The average Bonchev–Trinajstić information content (AvgIpc) is 2.73. The Balaban J connectivity index is 2.29. The van der Waals surface area contributed by atoms with Gasteiger partial charge in [-0.15, -0.1) is 0 Å². The summed E-state index contributed by atoms with van der Waals surface area (Å²) in [5, 5.41) is 16.2. The van der Waals surface area contributed by atoms with Crippen molar-refractivity contribution in [2.75, 3.05) is 13.2 Å². The fourth-order valence-electron chi connectivity index (χ4n) is 2.37. The zero-order valence-corrected chi connectivity index (χ0v) is 13.0. The van der Waals surface area contributed by atoms with Gasteiger partial charge in [0.1, 0.15) is 5.56 Å². The third-order valence-electron chi connectivity index (χ3n) is 3.53. The third-order valence-corrected chi connectivity index (χ3v) is 3.53. The number of aliphatic hydroxyl groups is 1. The van der Waals surface area contributed by atoms with Crippen LogP contribution in [0.15, 0.2) is 6.07 Å². The van der Waals surface area contributed by atoms with Crippen LogP contribution in [0.25, 0.3) is 5.65 Å². The van der Waals surface area contributed by atoms with Crippen molar-refractivity contribution < 1.29 is 9.90 Å². The van der Waals surface area contributed by atoms with Crippen molar-refractivity contribution in [2.45, 2.75) is 34.1 Å². The van der Waals surface area contributed by atoms with Gasteiger partial charge in [0, 0.05) is 24.5 Å². The standard InChI is InChI=1S/C15H22N4O2/c1-9(5-6-20)8-16-15(21)13-12(4)18-19-11(3)7-10(2)17-14(13)19/h7,9,20H,5-6,8H2,1-4H3,(H,16,21). The van der Waals surface area contributed by atoms with Crippen molar-refractivity contribution >= 4 is 11.6 Å². The van der Waals surface area contributed by atoms with E-state index in [4.69, 9.17) is 5.11 Å². The highest BCUT2D eigenvalue weighted by atomic mass is 16.3. The van der Waals surface area contributed by atoms with E-state index in [9.17, 15) is 4.79 Å². The summed E-state index contributed by atoms with van der Waals surface area (Å²) in [4.78, 5) is 16.8. The molecule has 0 aliphatic heterocycles. The summed E-state index contributed by atoms with van der Waals surface area (Å²) in [5.41, 5.74) is 3.61. The Morgan fingerprint density at radius 1 is 1.43 bits per heavy atom. The molecule has 1 unspecified atom stereocenters. The van der Waals surface area contributed by atoms with Crippen LogP contribution in [0.4, 0.5) is 0 Å². The number of hydrogen-bond acceptors (Lipinski definition) is 4. The lowest BCUT2D eigenvalue weighted by atomic mass is 10.1. The minimum atomic E-state index is -0.162. The van der Waals surface area contributed by atoms with Crippen LogP contribution in [0.5, 0.6) is 0 Å². The van der Waals surface area contributed by atoms with Gasteiger partial charge < -0.3 is 10.4 Å². The maximum absolute atomic E-state index is 12.4. The first-order chi connectivity index (χ1) is 9.93. The lowest BCUT2D eigenvalue weighted by Gasteiger charge is -2.11. The van der Waals surface area contributed by atoms with Crippen molar-refractivity contribution in [2.24, 2.45) is 5.92 Å². The lowest BCUT2D eigenvalue weighted by molar-refractivity contribution is 0.0946. The molecule has 0 aliphatic rings. The summed E-state index contributed by atoms with van der Waals surface area (Å²) in [6.07, 6.45) is 0.671. The first-order valence-corrected chi connectivity index (χ1v) is 7.16. The number of fused-ring (bicyclic) bond motifs is 1. The molecule has 2 rings (SSSR count). The lowest BCUT2D eigenvalue weighted by Crippen LogP contribution is -2.29. The monoisotopic (exact) mass is 290 g/mol. The van der Waals surface area contributed by atoms with E-state index in [1.54, 1.807) is 4.52 Å². The molecule has 0 saturated heterocycles. The molecule has 2 aromatic heterocycles. The molecule has 1 amide bonds. The molecule has 1 atom stereocenters. The van der Waals surface area contributed by atoms with Gasteiger partial charge in [-0.3, -0.25) is 4.79 Å². The number of nitrogens with zero attached hydrogens (tertiary/aromatic N) is 3. The number of hydrogen-bond donors (Lipinski definition) is 2. The summed E-state index contributed by atoms with van der Waals surface area (Å²) in [6, 6.07) is 1.93. The van der Waals surface area contributed by atoms with E-state index in [0.29, 0.717) is 29.9 Å². The number of amides is 1. The highest BCUT2D eigenvalue weighted by Gasteiger charge is 2.19. The molecule has 21 heavy (non-hydrogen) atoms. The van der Waals surface area contributed by atoms with Crippen LogP contribution in [-0.2, 0) is 0 Å². The van der Waals surface area contributed by atoms with E-state index in [-0.39, 0.29) is 18.4 Å². The van der Waals surface area contributed by atoms with Crippen LogP contribution in [-0.4, -0.2) is 38.8 Å². The van der Waals surface area contributed by atoms with Gasteiger partial charge >= 0.3 is 0 Å². The van der Waals surface area contributed by atoms with Crippen LogP contribution in [0, 0.1) is 26.7 Å². The Labute approximate surface area is 124 Å². The smallest absolute Gasteiger partial charge is 0.257 e. The van der Waals surface area contributed by atoms with Gasteiger partial charge in [-0.2, -0.15) is 5.10 Å². The van der Waals surface area contributed by atoms with Gasteiger partial charge in [-0.1, -0.05) is 6.92 Å². The molecule has 0 saturated carbocycles. The second-order valence-corrected chi connectivity index (χ2v) is 5.56. The Hall–Kier alpha value is -1.95. The SMILES string of the molecule is Cc1cc(C)n2nc(C)c(C(=O)NCC(C)CCO)c2n1. The van der Waals surface area contributed by atoms with Gasteiger partial charge in [0.15, 0.2) is 5.65 Å². The van der Waals surface area contributed by atoms with Gasteiger partial charge in [-0.25, -0.2) is 9.50 Å². The molecule has 2 aromatic rings. The molecule has 0 bridgehead atoms. The van der Waals surface area contributed by atoms with E-state index in [1.165, 1.54) is 0 Å². The molecule has 0 spiro atoms. The van der Waals surface area contributed by atoms with E-state index in [2.05, 4.69) is 15.4 Å². The van der Waals surface area contributed by atoms with Crippen molar-refractivity contribution in [1.29, 1.82) is 0 Å². The second-order valence-electron chi connectivity index (χ2n) is 5.56. The molecule has 114 valence electrons. The molecule has 0 aliphatic carbocycles. The van der Waals surface area contributed by atoms with Crippen LogP contribution in [0.3, 0.4) is 0 Å². The average molecular weight is 290 g/mol. The number of nitrogens with one attached hydrogen (secondary N) is 1. The molecule has 0 aromatic carbocycles. The Kier molecular flexibility index (Phi) is 4.57. The number of carbonyl (C=O) groups is 1. The molecule has 6 heteroatoms. The van der Waals surface area contributed by atoms with E-state index in [1.807, 2.05) is 33.8 Å². The molecule has 0 fully saturated rings. The first-order valence-electron chi connectivity index (χ1n) is 7.16. The molecule has 0 radical (unpaired) electrons. The van der Waals surface area contributed by atoms with Crippen LogP contribution in [0.2, 0.25) is 0 Å². The zero-order valence-electron chi connectivity index (χ0n) is 13.0. The quantitative estimate of drug-likeness (QED) is 0.872. The van der Waals surface area contributed by atoms with E-state index in [0.717, 1.165) is 11.4 Å².